The molecule has 1 aromatic carbocycles. The Morgan fingerprint density at radius 2 is 2.11 bits per heavy atom. The van der Waals surface area contributed by atoms with Crippen LogP contribution in [0.4, 0.5) is 4.39 Å². The molecule has 1 unspecified atom stereocenters. The van der Waals surface area contributed by atoms with Crippen LogP contribution in [0.25, 0.3) is 0 Å². The van der Waals surface area contributed by atoms with E-state index in [1.807, 2.05) is 6.92 Å². The molecule has 0 aliphatic carbocycles. The zero-order chi connectivity index (χ0) is 14.0. The molecule has 104 valence electrons. The van der Waals surface area contributed by atoms with Crippen LogP contribution >= 0.6 is 11.6 Å². The van der Waals surface area contributed by atoms with Crippen molar-refractivity contribution >= 4 is 17.6 Å². The van der Waals surface area contributed by atoms with Crippen molar-refractivity contribution in [1.82, 2.24) is 4.90 Å². The lowest BCUT2D eigenvalue weighted by atomic mass is 9.95. The van der Waals surface area contributed by atoms with Crippen LogP contribution in [-0.2, 0) is 4.79 Å². The predicted octanol–water partition coefficient (Wildman–Crippen LogP) is 3.34. The number of hydrogen-bond acceptors (Lipinski definition) is 2. The molecule has 0 spiro atoms. The molecule has 0 bridgehead atoms. The van der Waals surface area contributed by atoms with Gasteiger partial charge in [0.1, 0.15) is 5.82 Å². The smallest absolute Gasteiger partial charge is 0.306 e. The monoisotopic (exact) mass is 285 g/mol. The average molecular weight is 286 g/mol. The number of carboxylic acid groups (broad SMARTS) is 1. The predicted molar refractivity (Wildman–Crippen MR) is 71.8 cm³/mol. The van der Waals surface area contributed by atoms with Crippen molar-refractivity contribution in [1.29, 1.82) is 0 Å². The number of aliphatic carboxylic acids is 1. The van der Waals surface area contributed by atoms with E-state index in [0.29, 0.717) is 17.9 Å². The first-order chi connectivity index (χ1) is 8.99. The molecule has 1 atom stereocenters. The molecule has 1 aliphatic heterocycles. The van der Waals surface area contributed by atoms with Gasteiger partial charge in [0.05, 0.1) is 5.92 Å². The van der Waals surface area contributed by atoms with Crippen molar-refractivity contribution in [2.45, 2.75) is 25.8 Å². The molecule has 1 heterocycles. The molecule has 5 heteroatoms. The van der Waals surface area contributed by atoms with E-state index in [-0.39, 0.29) is 17.8 Å². The van der Waals surface area contributed by atoms with Gasteiger partial charge >= 0.3 is 5.97 Å². The minimum absolute atomic E-state index is 0.0721. The first kappa shape index (κ1) is 14.3. The fraction of sp³-hybridized carbons (Fsp3) is 0.500. The van der Waals surface area contributed by atoms with Gasteiger partial charge in [0, 0.05) is 11.1 Å². The van der Waals surface area contributed by atoms with E-state index in [1.54, 1.807) is 6.07 Å². The maximum atomic E-state index is 13.0. The fourth-order valence-electron chi connectivity index (χ4n) is 2.57. The van der Waals surface area contributed by atoms with Gasteiger partial charge < -0.3 is 5.11 Å². The number of halogens is 2. The summed E-state index contributed by atoms with van der Waals surface area (Å²) >= 11 is 6.06. The number of rotatable bonds is 3. The van der Waals surface area contributed by atoms with Crippen LogP contribution in [-0.4, -0.2) is 29.1 Å². The molecule has 0 aromatic heterocycles. The molecule has 1 aliphatic rings. The number of hydrogen-bond donors (Lipinski definition) is 1. The summed E-state index contributed by atoms with van der Waals surface area (Å²) in [5.74, 6) is -1.30. The van der Waals surface area contributed by atoms with E-state index in [1.165, 1.54) is 12.1 Å². The second-order valence-corrected chi connectivity index (χ2v) is 5.40. The van der Waals surface area contributed by atoms with Crippen molar-refractivity contribution in [2.75, 3.05) is 13.1 Å². The van der Waals surface area contributed by atoms with Crippen LogP contribution < -0.4 is 0 Å². The summed E-state index contributed by atoms with van der Waals surface area (Å²) < 4.78 is 13.0. The zero-order valence-electron chi connectivity index (χ0n) is 10.8. The largest absolute Gasteiger partial charge is 0.481 e. The third kappa shape index (κ3) is 3.25. The molecule has 1 saturated heterocycles. The summed E-state index contributed by atoms with van der Waals surface area (Å²) in [5, 5.41) is 9.40. The summed E-state index contributed by atoms with van der Waals surface area (Å²) in [4.78, 5) is 13.1. The van der Waals surface area contributed by atoms with Gasteiger partial charge in [0.15, 0.2) is 0 Å². The van der Waals surface area contributed by atoms with Gasteiger partial charge in [-0.2, -0.15) is 0 Å². The molecular formula is C14H17ClFNO2. The Bertz CT molecular complexity index is 473. The number of carbonyl (C=O) groups is 1. The van der Waals surface area contributed by atoms with Gasteiger partial charge in [-0.05, 0) is 50.6 Å². The lowest BCUT2D eigenvalue weighted by Gasteiger charge is -2.35. The molecule has 19 heavy (non-hydrogen) atoms. The fourth-order valence-corrected chi connectivity index (χ4v) is 2.90. The van der Waals surface area contributed by atoms with Crippen molar-refractivity contribution in [3.63, 3.8) is 0 Å². The Balaban J connectivity index is 2.05. The van der Waals surface area contributed by atoms with Gasteiger partial charge in [-0.25, -0.2) is 4.39 Å². The summed E-state index contributed by atoms with van der Waals surface area (Å²) in [6.45, 7) is 3.47. The summed E-state index contributed by atoms with van der Waals surface area (Å²) in [5.41, 5.74) is 0.886. The highest BCUT2D eigenvalue weighted by Crippen LogP contribution is 2.31. The van der Waals surface area contributed by atoms with E-state index in [9.17, 15) is 9.18 Å². The van der Waals surface area contributed by atoms with Gasteiger partial charge in [-0.1, -0.05) is 17.7 Å². The van der Waals surface area contributed by atoms with Crippen LogP contribution in [0.15, 0.2) is 18.2 Å². The zero-order valence-corrected chi connectivity index (χ0v) is 11.5. The van der Waals surface area contributed by atoms with Crippen molar-refractivity contribution in [3.8, 4) is 0 Å². The Hall–Kier alpha value is -1.13. The first-order valence-corrected chi connectivity index (χ1v) is 6.78. The lowest BCUT2D eigenvalue weighted by Crippen LogP contribution is -2.37. The molecule has 2 rings (SSSR count). The molecule has 0 amide bonds. The Morgan fingerprint density at radius 1 is 1.47 bits per heavy atom. The maximum Gasteiger partial charge on any atom is 0.306 e. The normalized spacial score (nSPS) is 19.3. The van der Waals surface area contributed by atoms with Crippen LogP contribution in [0.2, 0.25) is 5.02 Å². The van der Waals surface area contributed by atoms with Crippen LogP contribution in [0.3, 0.4) is 0 Å². The molecular weight excluding hydrogens is 269 g/mol. The Kier molecular flexibility index (Phi) is 4.42. The van der Waals surface area contributed by atoms with E-state index in [4.69, 9.17) is 16.7 Å². The number of nitrogens with zero attached hydrogens (tertiary/aromatic N) is 1. The van der Waals surface area contributed by atoms with Crippen molar-refractivity contribution < 1.29 is 14.3 Å². The van der Waals surface area contributed by atoms with Crippen molar-refractivity contribution in [3.05, 3.63) is 34.6 Å². The lowest BCUT2D eigenvalue weighted by molar-refractivity contribution is -0.143. The van der Waals surface area contributed by atoms with Crippen LogP contribution in [0.5, 0.6) is 0 Å². The topological polar surface area (TPSA) is 40.5 Å². The molecule has 1 N–H and O–H groups in total. The van der Waals surface area contributed by atoms with E-state index in [0.717, 1.165) is 18.7 Å². The SMILES string of the molecule is CC(c1ccc(F)cc1Cl)N1CCC(C(=O)O)CC1. The average Bonchev–Trinajstić information content (AvgIpc) is 2.38. The third-order valence-corrected chi connectivity index (χ3v) is 4.17. The van der Waals surface area contributed by atoms with E-state index < -0.39 is 5.97 Å². The Labute approximate surface area is 117 Å². The summed E-state index contributed by atoms with van der Waals surface area (Å²) in [6.07, 6.45) is 1.30. The second kappa shape index (κ2) is 5.88. The molecule has 0 saturated carbocycles. The minimum atomic E-state index is -0.716. The van der Waals surface area contributed by atoms with Gasteiger partial charge in [0.2, 0.25) is 0 Å². The minimum Gasteiger partial charge on any atom is -0.481 e. The van der Waals surface area contributed by atoms with E-state index >= 15 is 0 Å². The first-order valence-electron chi connectivity index (χ1n) is 6.41. The molecule has 1 fully saturated rings. The van der Waals surface area contributed by atoms with Gasteiger partial charge in [-0.15, -0.1) is 0 Å². The standard InChI is InChI=1S/C14H17ClFNO2/c1-9(12-3-2-11(16)8-13(12)15)17-6-4-10(5-7-17)14(18)19/h2-3,8-10H,4-7H2,1H3,(H,18,19). The highest BCUT2D eigenvalue weighted by Gasteiger charge is 2.28. The number of likely N-dealkylation sites (tertiary alicyclic amines) is 1. The Morgan fingerprint density at radius 3 is 2.63 bits per heavy atom. The third-order valence-electron chi connectivity index (χ3n) is 3.84. The van der Waals surface area contributed by atoms with Crippen molar-refractivity contribution in [2.24, 2.45) is 5.92 Å². The van der Waals surface area contributed by atoms with E-state index in [2.05, 4.69) is 4.90 Å². The quantitative estimate of drug-likeness (QED) is 0.926. The summed E-state index contributed by atoms with van der Waals surface area (Å²) in [7, 11) is 0. The second-order valence-electron chi connectivity index (χ2n) is 4.99. The molecule has 3 nitrogen and oxygen atoms in total. The summed E-state index contributed by atoms with van der Waals surface area (Å²) in [6, 6.07) is 4.49. The number of benzene rings is 1. The highest BCUT2D eigenvalue weighted by atomic mass is 35.5. The maximum absolute atomic E-state index is 13.0. The van der Waals surface area contributed by atoms with Crippen LogP contribution in [0.1, 0.15) is 31.4 Å². The van der Waals surface area contributed by atoms with Gasteiger partial charge in [-0.3, -0.25) is 9.69 Å². The molecule has 1 aromatic rings. The molecule has 0 radical (unpaired) electrons. The van der Waals surface area contributed by atoms with Gasteiger partial charge in [0.25, 0.3) is 0 Å². The van der Waals surface area contributed by atoms with Crippen LogP contribution in [0, 0.1) is 11.7 Å². The number of carboxylic acids is 1. The number of piperidine rings is 1. The highest BCUT2D eigenvalue weighted by molar-refractivity contribution is 6.31.